The van der Waals surface area contributed by atoms with Gasteiger partial charge in [0.15, 0.2) is 0 Å². The molecule has 21 heavy (non-hydrogen) atoms. The fraction of sp³-hybridized carbons (Fsp3) is 0.417. The van der Waals surface area contributed by atoms with Crippen molar-refractivity contribution in [3.63, 3.8) is 0 Å². The maximum atomic E-state index is 12.2. The molecule has 1 atom stereocenters. The zero-order valence-electron chi connectivity index (χ0n) is 11.4. The van der Waals surface area contributed by atoms with Crippen LogP contribution in [-0.2, 0) is 11.2 Å². The van der Waals surface area contributed by atoms with Crippen LogP contribution in [0, 0.1) is 0 Å². The Labute approximate surface area is 119 Å². The van der Waals surface area contributed by atoms with Crippen molar-refractivity contribution in [3.8, 4) is 0 Å². The molecular formula is C12H15N5O4. The van der Waals surface area contributed by atoms with E-state index in [0.717, 1.165) is 0 Å². The first-order chi connectivity index (χ1) is 10.1. The van der Waals surface area contributed by atoms with Crippen molar-refractivity contribution in [2.45, 2.75) is 25.8 Å². The van der Waals surface area contributed by atoms with Gasteiger partial charge < -0.3 is 15.5 Å². The standard InChI is InChI=1S/C12H15N5O4/c1-2-9-7(5-13-12-14-6-15-17(9)12)10(19)16-8(3-4-18)11(20)21/h5-6,8,18H,2-4H2,1H3,(H,16,19)(H,20,21)/t8-/m0/s1. The minimum atomic E-state index is -1.20. The van der Waals surface area contributed by atoms with Gasteiger partial charge in [0.1, 0.15) is 12.4 Å². The summed E-state index contributed by atoms with van der Waals surface area (Å²) in [6.07, 6.45) is 3.11. The molecule has 0 saturated heterocycles. The highest BCUT2D eigenvalue weighted by Gasteiger charge is 2.22. The Kier molecular flexibility index (Phi) is 4.43. The summed E-state index contributed by atoms with van der Waals surface area (Å²) in [7, 11) is 0. The fourth-order valence-corrected chi connectivity index (χ4v) is 1.98. The zero-order chi connectivity index (χ0) is 15.4. The van der Waals surface area contributed by atoms with Crippen LogP contribution in [0.1, 0.15) is 29.4 Å². The van der Waals surface area contributed by atoms with Crippen molar-refractivity contribution < 1.29 is 19.8 Å². The summed E-state index contributed by atoms with van der Waals surface area (Å²) in [4.78, 5) is 31.2. The molecule has 3 N–H and O–H groups in total. The normalized spacial score (nSPS) is 12.3. The molecule has 2 aromatic heterocycles. The van der Waals surface area contributed by atoms with Gasteiger partial charge in [-0.25, -0.2) is 14.3 Å². The molecule has 2 heterocycles. The van der Waals surface area contributed by atoms with E-state index in [2.05, 4.69) is 20.4 Å². The average molecular weight is 293 g/mol. The molecule has 0 fully saturated rings. The first-order valence-corrected chi connectivity index (χ1v) is 6.40. The predicted octanol–water partition coefficient (Wildman–Crippen LogP) is -0.748. The molecular weight excluding hydrogens is 278 g/mol. The minimum absolute atomic E-state index is 0.0679. The van der Waals surface area contributed by atoms with Gasteiger partial charge in [-0.15, -0.1) is 0 Å². The van der Waals surface area contributed by atoms with Gasteiger partial charge in [-0.2, -0.15) is 10.1 Å². The van der Waals surface area contributed by atoms with Crippen LogP contribution < -0.4 is 5.32 Å². The second-order valence-corrected chi connectivity index (χ2v) is 4.32. The second-order valence-electron chi connectivity index (χ2n) is 4.32. The van der Waals surface area contributed by atoms with Crippen LogP contribution in [0.2, 0.25) is 0 Å². The molecule has 0 aliphatic rings. The van der Waals surface area contributed by atoms with Crippen LogP contribution in [0.15, 0.2) is 12.5 Å². The third kappa shape index (κ3) is 2.97. The quantitative estimate of drug-likeness (QED) is 0.639. The molecule has 9 nitrogen and oxygen atoms in total. The molecule has 0 aliphatic heterocycles. The summed E-state index contributed by atoms with van der Waals surface area (Å²) in [5, 5.41) is 24.2. The third-order valence-corrected chi connectivity index (χ3v) is 3.01. The average Bonchev–Trinajstić information content (AvgIpc) is 2.93. The molecule has 0 aromatic carbocycles. The number of carbonyl (C=O) groups excluding carboxylic acids is 1. The molecule has 0 unspecified atom stereocenters. The number of hydrogen-bond donors (Lipinski definition) is 3. The number of carbonyl (C=O) groups is 2. The Balaban J connectivity index is 2.32. The molecule has 0 bridgehead atoms. The van der Waals surface area contributed by atoms with Crippen molar-refractivity contribution >= 4 is 17.7 Å². The number of aromatic nitrogens is 4. The summed E-state index contributed by atoms with van der Waals surface area (Å²) < 4.78 is 1.44. The summed E-state index contributed by atoms with van der Waals surface area (Å²) in [6.45, 7) is 1.51. The summed E-state index contributed by atoms with van der Waals surface area (Å²) in [6, 6.07) is -1.15. The lowest BCUT2D eigenvalue weighted by molar-refractivity contribution is -0.139. The molecule has 0 radical (unpaired) electrons. The van der Waals surface area contributed by atoms with Gasteiger partial charge in [0.05, 0.1) is 11.3 Å². The number of aliphatic hydroxyl groups is 1. The molecule has 2 aromatic rings. The molecule has 0 saturated carbocycles. The van der Waals surface area contributed by atoms with Gasteiger partial charge >= 0.3 is 5.97 Å². The lowest BCUT2D eigenvalue weighted by atomic mass is 10.1. The lowest BCUT2D eigenvalue weighted by Gasteiger charge is -2.14. The molecule has 1 amide bonds. The monoisotopic (exact) mass is 293 g/mol. The number of rotatable bonds is 6. The number of aliphatic carboxylic acids is 1. The first-order valence-electron chi connectivity index (χ1n) is 6.40. The molecule has 2 rings (SSSR count). The highest BCUT2D eigenvalue weighted by molar-refractivity contribution is 5.97. The molecule has 112 valence electrons. The number of nitrogens with zero attached hydrogens (tertiary/aromatic N) is 4. The van der Waals surface area contributed by atoms with Crippen molar-refractivity contribution in [2.75, 3.05) is 6.61 Å². The van der Waals surface area contributed by atoms with Crippen LogP contribution in [0.3, 0.4) is 0 Å². The van der Waals surface area contributed by atoms with Crippen LogP contribution in [0.25, 0.3) is 5.78 Å². The smallest absolute Gasteiger partial charge is 0.326 e. The number of aliphatic hydroxyl groups excluding tert-OH is 1. The van der Waals surface area contributed by atoms with Gasteiger partial charge in [0.25, 0.3) is 11.7 Å². The van der Waals surface area contributed by atoms with Gasteiger partial charge in [-0.1, -0.05) is 6.92 Å². The molecule has 0 spiro atoms. The Morgan fingerprint density at radius 3 is 2.81 bits per heavy atom. The van der Waals surface area contributed by atoms with Crippen LogP contribution >= 0.6 is 0 Å². The van der Waals surface area contributed by atoms with Gasteiger partial charge in [0.2, 0.25) is 0 Å². The van der Waals surface area contributed by atoms with E-state index in [1.54, 1.807) is 0 Å². The van der Waals surface area contributed by atoms with Crippen molar-refractivity contribution in [1.82, 2.24) is 24.9 Å². The summed E-state index contributed by atoms with van der Waals surface area (Å²) in [5.74, 6) is -1.41. The van der Waals surface area contributed by atoms with Gasteiger partial charge in [-0.3, -0.25) is 4.79 Å². The number of aryl methyl sites for hydroxylation is 1. The van der Waals surface area contributed by atoms with E-state index >= 15 is 0 Å². The topological polar surface area (TPSA) is 130 Å². The van der Waals surface area contributed by atoms with E-state index in [1.165, 1.54) is 17.0 Å². The number of nitrogens with one attached hydrogen (secondary N) is 1. The van der Waals surface area contributed by atoms with Crippen molar-refractivity contribution in [1.29, 1.82) is 0 Å². The van der Waals surface area contributed by atoms with E-state index in [4.69, 9.17) is 10.2 Å². The Bertz CT molecular complexity index is 669. The third-order valence-electron chi connectivity index (χ3n) is 3.01. The van der Waals surface area contributed by atoms with E-state index in [9.17, 15) is 9.59 Å². The van der Waals surface area contributed by atoms with Gasteiger partial charge in [0, 0.05) is 19.2 Å². The van der Waals surface area contributed by atoms with Crippen LogP contribution in [0.4, 0.5) is 0 Å². The number of carboxylic acids is 1. The number of carboxylic acid groups (broad SMARTS) is 1. The predicted molar refractivity (Wildman–Crippen MR) is 70.8 cm³/mol. The molecule has 9 heteroatoms. The first kappa shape index (κ1) is 14.9. The number of hydrogen-bond acceptors (Lipinski definition) is 6. The van der Waals surface area contributed by atoms with Crippen molar-refractivity contribution in [2.24, 2.45) is 0 Å². The van der Waals surface area contributed by atoms with E-state index in [1.807, 2.05) is 6.92 Å². The van der Waals surface area contributed by atoms with Crippen LogP contribution in [-0.4, -0.2) is 54.3 Å². The zero-order valence-corrected chi connectivity index (χ0v) is 11.4. The highest BCUT2D eigenvalue weighted by atomic mass is 16.4. The molecule has 0 aliphatic carbocycles. The van der Waals surface area contributed by atoms with Crippen molar-refractivity contribution in [3.05, 3.63) is 23.8 Å². The second kappa shape index (κ2) is 6.27. The maximum Gasteiger partial charge on any atom is 0.326 e. The largest absolute Gasteiger partial charge is 0.480 e. The maximum absolute atomic E-state index is 12.2. The highest BCUT2D eigenvalue weighted by Crippen LogP contribution is 2.10. The Morgan fingerprint density at radius 2 is 2.19 bits per heavy atom. The van der Waals surface area contributed by atoms with Crippen LogP contribution in [0.5, 0.6) is 0 Å². The summed E-state index contributed by atoms with van der Waals surface area (Å²) in [5.41, 5.74) is 0.822. The van der Waals surface area contributed by atoms with E-state index in [0.29, 0.717) is 17.9 Å². The van der Waals surface area contributed by atoms with Gasteiger partial charge in [-0.05, 0) is 6.42 Å². The number of fused-ring (bicyclic) bond motifs is 1. The van der Waals surface area contributed by atoms with E-state index in [-0.39, 0.29) is 18.6 Å². The Hall–Kier alpha value is -2.55. The lowest BCUT2D eigenvalue weighted by Crippen LogP contribution is -2.41. The number of amides is 1. The van der Waals surface area contributed by atoms with E-state index < -0.39 is 17.9 Å². The SMILES string of the molecule is CCc1c(C(=O)N[C@@H](CCO)C(=O)O)cnc2ncnn12. The Morgan fingerprint density at radius 1 is 1.43 bits per heavy atom. The summed E-state index contributed by atoms with van der Waals surface area (Å²) >= 11 is 0. The fourth-order valence-electron chi connectivity index (χ4n) is 1.98. The minimum Gasteiger partial charge on any atom is -0.480 e.